The molecule has 0 aliphatic carbocycles. The molecule has 0 amide bonds. The fraction of sp³-hybridized carbons (Fsp3) is 0. The maximum absolute atomic E-state index is 9.04. The molecule has 3 aromatic heterocycles. The number of nitrogens with one attached hydrogen (secondary N) is 1. The Morgan fingerprint density at radius 2 is 0.929 bits per heavy atom. The van der Waals surface area contributed by atoms with E-state index in [0.717, 1.165) is 54.7 Å². The van der Waals surface area contributed by atoms with Crippen LogP contribution >= 0.6 is 0 Å². The van der Waals surface area contributed by atoms with E-state index in [4.69, 9.17) is 5.41 Å². The molecule has 4 nitrogen and oxygen atoms in total. The Balaban J connectivity index is 1.54. The van der Waals surface area contributed by atoms with E-state index in [1.54, 1.807) is 6.21 Å². The molecule has 4 heteroatoms. The van der Waals surface area contributed by atoms with Crippen molar-refractivity contribution in [1.82, 2.24) is 8.80 Å². The van der Waals surface area contributed by atoms with Crippen LogP contribution in [0.3, 0.4) is 0 Å². The molecular formula is C38H24N4. The van der Waals surface area contributed by atoms with Crippen molar-refractivity contribution in [1.29, 1.82) is 5.41 Å². The molecule has 0 saturated carbocycles. The molecule has 9 aromatic rings. The van der Waals surface area contributed by atoms with E-state index in [2.05, 4.69) is 117 Å². The van der Waals surface area contributed by atoms with Crippen molar-refractivity contribution in [3.63, 3.8) is 0 Å². The normalized spacial score (nSPS) is 12.3. The zero-order valence-corrected chi connectivity index (χ0v) is 22.6. The molecule has 0 aliphatic rings. The maximum atomic E-state index is 9.04. The van der Waals surface area contributed by atoms with Crippen LogP contribution in [0.1, 0.15) is 11.1 Å². The molecule has 0 aliphatic heterocycles. The summed E-state index contributed by atoms with van der Waals surface area (Å²) in [4.78, 5) is 4.60. The first-order chi connectivity index (χ1) is 20.8. The van der Waals surface area contributed by atoms with E-state index in [0.29, 0.717) is 0 Å². The third kappa shape index (κ3) is 3.12. The van der Waals surface area contributed by atoms with Crippen molar-refractivity contribution in [2.75, 3.05) is 0 Å². The quantitative estimate of drug-likeness (QED) is 0.169. The number of fused-ring (bicyclic) bond motifs is 10. The van der Waals surface area contributed by atoms with Gasteiger partial charge in [-0.05, 0) is 42.0 Å². The Morgan fingerprint density at radius 3 is 1.57 bits per heavy atom. The van der Waals surface area contributed by atoms with Crippen LogP contribution in [0.25, 0.3) is 65.4 Å². The summed E-state index contributed by atoms with van der Waals surface area (Å²) in [5.41, 5.74) is 8.70. The summed E-state index contributed by atoms with van der Waals surface area (Å²) in [5, 5.41) is 16.0. The monoisotopic (exact) mass is 536 g/mol. The highest BCUT2D eigenvalue weighted by Crippen LogP contribution is 2.41. The zero-order valence-electron chi connectivity index (χ0n) is 22.6. The molecule has 1 N–H and O–H groups in total. The summed E-state index contributed by atoms with van der Waals surface area (Å²) in [6.07, 6.45) is 1.77. The third-order valence-corrected chi connectivity index (χ3v) is 8.53. The summed E-state index contributed by atoms with van der Waals surface area (Å²) in [6.45, 7) is 0. The van der Waals surface area contributed by atoms with Gasteiger partial charge in [-0.15, -0.1) is 0 Å². The average molecular weight is 537 g/mol. The van der Waals surface area contributed by atoms with Crippen LogP contribution in [-0.4, -0.2) is 20.9 Å². The lowest BCUT2D eigenvalue weighted by atomic mass is 10.0. The second-order valence-electron chi connectivity index (χ2n) is 10.8. The molecule has 9 rings (SSSR count). The van der Waals surface area contributed by atoms with Crippen LogP contribution in [0.4, 0.5) is 0 Å². The first-order valence-corrected chi connectivity index (χ1v) is 14.2. The number of aromatic nitrogens is 2. The van der Waals surface area contributed by atoms with E-state index in [9.17, 15) is 0 Å². The molecule has 0 spiro atoms. The number of benzene rings is 6. The standard InChI is InChI=1S/C38H24N4/c39-38(40-23-24-11-2-1-3-12-24)25-21-30-27-14-5-7-18-33(27)42-35-20-9-8-19-34(35)41-32-17-6-4-13-26(32)28-15-10-16-29(36(28)41)31(22-25)37(30)42/h1-23,39H. The summed E-state index contributed by atoms with van der Waals surface area (Å²) in [6, 6.07) is 46.8. The number of hydrogen-bond acceptors (Lipinski definition) is 1. The predicted molar refractivity (Wildman–Crippen MR) is 177 cm³/mol. The Hall–Kier alpha value is -5.74. The van der Waals surface area contributed by atoms with Gasteiger partial charge < -0.3 is 8.80 Å². The molecule has 6 aromatic carbocycles. The number of nitrogens with zero attached hydrogens (tertiary/aromatic N) is 3. The second-order valence-corrected chi connectivity index (χ2v) is 10.8. The Morgan fingerprint density at radius 1 is 0.476 bits per heavy atom. The molecule has 0 bridgehead atoms. The van der Waals surface area contributed by atoms with Crippen molar-refractivity contribution in [2.24, 2.45) is 4.99 Å². The first-order valence-electron chi connectivity index (χ1n) is 14.2. The number of hydrogen-bond donors (Lipinski definition) is 1. The van der Waals surface area contributed by atoms with Crippen molar-refractivity contribution in [3.05, 3.63) is 145 Å². The number of rotatable bonds is 2. The summed E-state index contributed by atoms with van der Waals surface area (Å²) in [5.74, 6) is 0.240. The fourth-order valence-corrected chi connectivity index (χ4v) is 6.77. The Bertz CT molecular complexity index is 2580. The molecule has 0 saturated heterocycles. The second kappa shape index (κ2) is 8.63. The van der Waals surface area contributed by atoms with Gasteiger partial charge in [0.15, 0.2) is 5.84 Å². The lowest BCUT2D eigenvalue weighted by molar-refractivity contribution is 1.29. The minimum atomic E-state index is 0.240. The van der Waals surface area contributed by atoms with E-state index in [-0.39, 0.29) is 5.84 Å². The molecule has 0 fully saturated rings. The predicted octanol–water partition coefficient (Wildman–Crippen LogP) is 9.40. The summed E-state index contributed by atoms with van der Waals surface area (Å²) >= 11 is 0. The van der Waals surface area contributed by atoms with E-state index >= 15 is 0 Å². The third-order valence-electron chi connectivity index (χ3n) is 8.53. The van der Waals surface area contributed by atoms with Gasteiger partial charge in [0.1, 0.15) is 0 Å². The van der Waals surface area contributed by atoms with E-state index in [1.165, 1.54) is 21.8 Å². The molecule has 196 valence electrons. The van der Waals surface area contributed by atoms with E-state index < -0.39 is 0 Å². The number of amidine groups is 1. The van der Waals surface area contributed by atoms with Crippen molar-refractivity contribution < 1.29 is 0 Å². The van der Waals surface area contributed by atoms with Gasteiger partial charge in [-0.3, -0.25) is 5.41 Å². The molecule has 3 heterocycles. The summed E-state index contributed by atoms with van der Waals surface area (Å²) in [7, 11) is 0. The number of para-hydroxylation sites is 5. The molecule has 42 heavy (non-hydrogen) atoms. The van der Waals surface area contributed by atoms with Crippen molar-refractivity contribution in [2.45, 2.75) is 0 Å². The molecule has 0 radical (unpaired) electrons. The lowest BCUT2D eigenvalue weighted by Gasteiger charge is -2.12. The molecule has 0 atom stereocenters. The van der Waals surface area contributed by atoms with Gasteiger partial charge in [0.2, 0.25) is 0 Å². The van der Waals surface area contributed by atoms with Crippen molar-refractivity contribution >= 4 is 77.5 Å². The van der Waals surface area contributed by atoms with Crippen LogP contribution in [0, 0.1) is 5.41 Å². The van der Waals surface area contributed by atoms with Crippen LogP contribution in [0.2, 0.25) is 0 Å². The summed E-state index contributed by atoms with van der Waals surface area (Å²) < 4.78 is 4.83. The average Bonchev–Trinajstić information content (AvgIpc) is 3.56. The first kappa shape index (κ1) is 23.0. The van der Waals surface area contributed by atoms with Crippen LogP contribution in [0.5, 0.6) is 0 Å². The van der Waals surface area contributed by atoms with Crippen molar-refractivity contribution in [3.8, 4) is 0 Å². The SMILES string of the molecule is N=C(N=Cc1ccccc1)c1cc2c3ccccc3n3c4ccccc4n4c5ccccc5c5cccc(c(c1)c23)c54. The lowest BCUT2D eigenvalue weighted by Crippen LogP contribution is -1.98. The van der Waals surface area contributed by atoms with Crippen LogP contribution in [-0.2, 0) is 0 Å². The van der Waals surface area contributed by atoms with Gasteiger partial charge in [-0.1, -0.05) is 97.1 Å². The number of aliphatic imine (C=N–C) groups is 1. The highest BCUT2D eigenvalue weighted by atomic mass is 15.0. The van der Waals surface area contributed by atoms with Crippen LogP contribution in [0.15, 0.2) is 138 Å². The van der Waals surface area contributed by atoms with Gasteiger partial charge in [-0.25, -0.2) is 4.99 Å². The Labute approximate surface area is 240 Å². The zero-order chi connectivity index (χ0) is 27.8. The minimum Gasteiger partial charge on any atom is -0.307 e. The highest BCUT2D eigenvalue weighted by Gasteiger charge is 2.19. The topological polar surface area (TPSA) is 45.0 Å². The van der Waals surface area contributed by atoms with Gasteiger partial charge in [-0.2, -0.15) is 0 Å². The highest BCUT2D eigenvalue weighted by molar-refractivity contribution is 6.26. The maximum Gasteiger partial charge on any atom is 0.151 e. The largest absolute Gasteiger partial charge is 0.307 e. The Kier molecular flexibility index (Phi) is 4.73. The van der Waals surface area contributed by atoms with Gasteiger partial charge in [0.25, 0.3) is 0 Å². The minimum absolute atomic E-state index is 0.240. The van der Waals surface area contributed by atoms with Crippen LogP contribution < -0.4 is 0 Å². The van der Waals surface area contributed by atoms with Gasteiger partial charge in [0.05, 0.1) is 33.1 Å². The van der Waals surface area contributed by atoms with Gasteiger partial charge >= 0.3 is 0 Å². The molecular weight excluding hydrogens is 512 g/mol. The van der Waals surface area contributed by atoms with E-state index in [1.807, 2.05) is 30.3 Å². The molecule has 0 unspecified atom stereocenters. The smallest absolute Gasteiger partial charge is 0.151 e. The fourth-order valence-electron chi connectivity index (χ4n) is 6.77. The van der Waals surface area contributed by atoms with Gasteiger partial charge in [0, 0.05) is 44.1 Å².